The second-order valence-electron chi connectivity index (χ2n) is 4.12. The first-order valence-corrected chi connectivity index (χ1v) is 5.70. The van der Waals surface area contributed by atoms with Gasteiger partial charge in [-0.1, -0.05) is 19.1 Å². The van der Waals surface area contributed by atoms with E-state index in [0.717, 1.165) is 23.3 Å². The van der Waals surface area contributed by atoms with Gasteiger partial charge >= 0.3 is 6.03 Å². The van der Waals surface area contributed by atoms with Gasteiger partial charge < -0.3 is 10.6 Å². The van der Waals surface area contributed by atoms with E-state index in [1.807, 2.05) is 27.1 Å². The van der Waals surface area contributed by atoms with Gasteiger partial charge in [-0.3, -0.25) is 4.68 Å². The lowest BCUT2D eigenvalue weighted by atomic mass is 10.2. The molecule has 0 atom stereocenters. The number of urea groups is 1. The fourth-order valence-corrected chi connectivity index (χ4v) is 1.50. The van der Waals surface area contributed by atoms with Crippen LogP contribution in [0.3, 0.4) is 0 Å². The average molecular weight is 236 g/mol. The first-order valence-electron chi connectivity index (χ1n) is 5.70. The van der Waals surface area contributed by atoms with E-state index in [4.69, 9.17) is 0 Å². The summed E-state index contributed by atoms with van der Waals surface area (Å²) in [4.78, 5) is 11.4. The lowest BCUT2D eigenvalue weighted by molar-refractivity contribution is 0.241. The molecule has 0 aromatic carbocycles. The van der Waals surface area contributed by atoms with Gasteiger partial charge in [-0.2, -0.15) is 5.10 Å². The van der Waals surface area contributed by atoms with Crippen LogP contribution in [0.25, 0.3) is 0 Å². The van der Waals surface area contributed by atoms with Crippen LogP contribution < -0.4 is 10.6 Å². The Bertz CT molecular complexity index is 409. The van der Waals surface area contributed by atoms with Gasteiger partial charge in [0.1, 0.15) is 0 Å². The van der Waals surface area contributed by atoms with Crippen LogP contribution >= 0.6 is 0 Å². The van der Waals surface area contributed by atoms with E-state index < -0.39 is 0 Å². The monoisotopic (exact) mass is 236 g/mol. The minimum atomic E-state index is -0.182. The van der Waals surface area contributed by atoms with Crippen LogP contribution in [0.5, 0.6) is 0 Å². The van der Waals surface area contributed by atoms with Gasteiger partial charge in [0.15, 0.2) is 0 Å². The minimum Gasteiger partial charge on any atom is -0.334 e. The number of hydrogen-bond donors (Lipinski definition) is 2. The standard InChI is InChI=1S/C12H20N4O/c1-5-11-10(8-16(4)15-11)7-14-12(17)13-6-9(2)3/h8H,2,5-7H2,1,3-4H3,(H2,13,14,17). The van der Waals surface area contributed by atoms with Crippen LogP contribution in [0.2, 0.25) is 0 Å². The van der Waals surface area contributed by atoms with Crippen LogP contribution in [-0.4, -0.2) is 22.4 Å². The highest BCUT2D eigenvalue weighted by molar-refractivity contribution is 5.74. The average Bonchev–Trinajstić information content (AvgIpc) is 2.64. The van der Waals surface area contributed by atoms with Gasteiger partial charge in [-0.25, -0.2) is 4.79 Å². The first-order chi connectivity index (χ1) is 8.02. The Morgan fingerprint density at radius 2 is 2.24 bits per heavy atom. The molecular formula is C12H20N4O. The number of nitrogens with zero attached hydrogens (tertiary/aromatic N) is 2. The molecule has 0 aliphatic rings. The number of amides is 2. The van der Waals surface area contributed by atoms with Gasteiger partial charge in [0, 0.05) is 31.9 Å². The molecule has 0 aliphatic heterocycles. The van der Waals surface area contributed by atoms with Crippen molar-refractivity contribution in [2.45, 2.75) is 26.8 Å². The van der Waals surface area contributed by atoms with Crippen molar-refractivity contribution in [3.63, 3.8) is 0 Å². The van der Waals surface area contributed by atoms with E-state index in [1.54, 1.807) is 4.68 Å². The first kappa shape index (κ1) is 13.3. The normalized spacial score (nSPS) is 10.1. The number of hydrogen-bond acceptors (Lipinski definition) is 2. The number of nitrogens with one attached hydrogen (secondary N) is 2. The third-order valence-corrected chi connectivity index (χ3v) is 2.32. The van der Waals surface area contributed by atoms with Crippen molar-refractivity contribution in [3.8, 4) is 0 Å². The fourth-order valence-electron chi connectivity index (χ4n) is 1.50. The molecule has 1 aromatic rings. The van der Waals surface area contributed by atoms with Crippen molar-refractivity contribution in [1.29, 1.82) is 0 Å². The molecule has 0 aliphatic carbocycles. The highest BCUT2D eigenvalue weighted by Crippen LogP contribution is 2.06. The maximum atomic E-state index is 11.4. The zero-order chi connectivity index (χ0) is 12.8. The van der Waals surface area contributed by atoms with E-state index in [9.17, 15) is 4.79 Å². The summed E-state index contributed by atoms with van der Waals surface area (Å²) in [5.41, 5.74) is 3.00. The molecule has 0 fully saturated rings. The van der Waals surface area contributed by atoms with Crippen LogP contribution in [-0.2, 0) is 20.0 Å². The highest BCUT2D eigenvalue weighted by atomic mass is 16.2. The maximum absolute atomic E-state index is 11.4. The summed E-state index contributed by atoms with van der Waals surface area (Å²) in [7, 11) is 1.88. The van der Waals surface area contributed by atoms with E-state index in [2.05, 4.69) is 22.3 Å². The smallest absolute Gasteiger partial charge is 0.315 e. The Morgan fingerprint density at radius 3 is 2.82 bits per heavy atom. The van der Waals surface area contributed by atoms with E-state index in [1.165, 1.54) is 0 Å². The summed E-state index contributed by atoms with van der Waals surface area (Å²) in [6, 6.07) is -0.182. The molecule has 0 saturated heterocycles. The summed E-state index contributed by atoms with van der Waals surface area (Å²) in [6.45, 7) is 8.64. The van der Waals surface area contributed by atoms with Gasteiger partial charge in [-0.05, 0) is 13.3 Å². The summed E-state index contributed by atoms with van der Waals surface area (Å²) < 4.78 is 1.77. The third-order valence-electron chi connectivity index (χ3n) is 2.32. The lowest BCUT2D eigenvalue weighted by Gasteiger charge is -2.06. The topological polar surface area (TPSA) is 59.0 Å². The Hall–Kier alpha value is -1.78. The van der Waals surface area contributed by atoms with Crippen LogP contribution in [0, 0.1) is 0 Å². The molecule has 0 saturated carbocycles. The lowest BCUT2D eigenvalue weighted by Crippen LogP contribution is -2.35. The largest absolute Gasteiger partial charge is 0.334 e. The van der Waals surface area contributed by atoms with Crippen molar-refractivity contribution < 1.29 is 4.79 Å². The van der Waals surface area contributed by atoms with Crippen molar-refractivity contribution in [1.82, 2.24) is 20.4 Å². The number of carbonyl (C=O) groups is 1. The van der Waals surface area contributed by atoms with Crippen molar-refractivity contribution in [3.05, 3.63) is 29.6 Å². The maximum Gasteiger partial charge on any atom is 0.315 e. The molecule has 1 aromatic heterocycles. The summed E-state index contributed by atoms with van der Waals surface area (Å²) in [5.74, 6) is 0. The van der Waals surface area contributed by atoms with Gasteiger partial charge in [0.2, 0.25) is 0 Å². The van der Waals surface area contributed by atoms with Crippen LogP contribution in [0.15, 0.2) is 18.3 Å². The molecule has 2 amide bonds. The third kappa shape index (κ3) is 4.30. The van der Waals surface area contributed by atoms with Crippen molar-refractivity contribution >= 4 is 6.03 Å². The Kier molecular flexibility index (Phi) is 4.75. The number of rotatable bonds is 5. The Labute approximate surface area is 102 Å². The predicted molar refractivity (Wildman–Crippen MR) is 67.6 cm³/mol. The summed E-state index contributed by atoms with van der Waals surface area (Å²) in [6.07, 6.45) is 2.79. The zero-order valence-electron chi connectivity index (χ0n) is 10.7. The molecule has 2 N–H and O–H groups in total. The van der Waals surface area contributed by atoms with E-state index in [-0.39, 0.29) is 6.03 Å². The SMILES string of the molecule is C=C(C)CNC(=O)NCc1cn(C)nc1CC. The summed E-state index contributed by atoms with van der Waals surface area (Å²) in [5, 5.41) is 9.83. The molecule has 0 bridgehead atoms. The number of carbonyl (C=O) groups excluding carboxylic acids is 1. The molecule has 5 nitrogen and oxygen atoms in total. The fraction of sp³-hybridized carbons (Fsp3) is 0.500. The van der Waals surface area contributed by atoms with Crippen molar-refractivity contribution in [2.75, 3.05) is 6.54 Å². The number of aromatic nitrogens is 2. The molecule has 0 spiro atoms. The second-order valence-corrected chi connectivity index (χ2v) is 4.12. The molecule has 5 heteroatoms. The Balaban J connectivity index is 2.44. The quantitative estimate of drug-likeness (QED) is 0.758. The van der Waals surface area contributed by atoms with Gasteiger partial charge in [0.25, 0.3) is 0 Å². The second kappa shape index (κ2) is 6.08. The van der Waals surface area contributed by atoms with Crippen LogP contribution in [0.1, 0.15) is 25.1 Å². The molecule has 1 heterocycles. The minimum absolute atomic E-state index is 0.182. The van der Waals surface area contributed by atoms with Crippen molar-refractivity contribution in [2.24, 2.45) is 7.05 Å². The molecule has 0 unspecified atom stereocenters. The van der Waals surface area contributed by atoms with E-state index >= 15 is 0 Å². The van der Waals surface area contributed by atoms with Crippen LogP contribution in [0.4, 0.5) is 4.79 Å². The molecule has 0 radical (unpaired) electrons. The summed E-state index contributed by atoms with van der Waals surface area (Å²) >= 11 is 0. The van der Waals surface area contributed by atoms with Gasteiger partial charge in [-0.15, -0.1) is 0 Å². The molecular weight excluding hydrogens is 216 g/mol. The van der Waals surface area contributed by atoms with E-state index in [0.29, 0.717) is 13.1 Å². The zero-order valence-corrected chi connectivity index (χ0v) is 10.7. The molecule has 1 rings (SSSR count). The number of aryl methyl sites for hydroxylation is 2. The predicted octanol–water partition coefficient (Wildman–Crippen LogP) is 1.36. The highest BCUT2D eigenvalue weighted by Gasteiger charge is 2.07. The van der Waals surface area contributed by atoms with Gasteiger partial charge in [0.05, 0.1) is 5.69 Å². The molecule has 94 valence electrons. The Morgan fingerprint density at radius 1 is 1.53 bits per heavy atom. The molecule has 17 heavy (non-hydrogen) atoms.